The molecule has 1 saturated heterocycles. The first-order valence-corrected chi connectivity index (χ1v) is 7.97. The molecule has 3 rings (SSSR count). The third kappa shape index (κ3) is 3.59. The van der Waals surface area contributed by atoms with Gasteiger partial charge in [0.05, 0.1) is 6.07 Å². The molecule has 1 heterocycles. The average Bonchev–Trinajstić information content (AvgIpc) is 3.40. The molecule has 4 nitrogen and oxygen atoms in total. The Morgan fingerprint density at radius 3 is 2.61 bits per heavy atom. The van der Waals surface area contributed by atoms with Crippen LogP contribution in [0.3, 0.4) is 0 Å². The van der Waals surface area contributed by atoms with E-state index in [-0.39, 0.29) is 17.8 Å². The van der Waals surface area contributed by atoms with Gasteiger partial charge in [-0.1, -0.05) is 12.1 Å². The minimum absolute atomic E-state index is 0.0509. The number of nitrogens with zero attached hydrogens (tertiary/aromatic N) is 3. The first kappa shape index (κ1) is 15.7. The van der Waals surface area contributed by atoms with Gasteiger partial charge in [-0.2, -0.15) is 5.26 Å². The van der Waals surface area contributed by atoms with Crippen LogP contribution in [0.4, 0.5) is 4.39 Å². The van der Waals surface area contributed by atoms with Crippen LogP contribution in [0.15, 0.2) is 29.8 Å². The summed E-state index contributed by atoms with van der Waals surface area (Å²) < 4.78 is 12.9. The molecule has 0 aromatic heterocycles. The van der Waals surface area contributed by atoms with E-state index < -0.39 is 0 Å². The number of hydrogen-bond acceptors (Lipinski definition) is 3. The zero-order chi connectivity index (χ0) is 16.4. The number of benzene rings is 1. The summed E-state index contributed by atoms with van der Waals surface area (Å²) in [6.07, 6.45) is 4.08. The van der Waals surface area contributed by atoms with Crippen LogP contribution in [0.5, 0.6) is 0 Å². The van der Waals surface area contributed by atoms with E-state index in [1.807, 2.05) is 0 Å². The van der Waals surface area contributed by atoms with Crippen LogP contribution in [0.2, 0.25) is 0 Å². The number of carbonyl (C=O) groups is 1. The monoisotopic (exact) mass is 313 g/mol. The van der Waals surface area contributed by atoms with Gasteiger partial charge in [0, 0.05) is 31.2 Å². The Kier molecular flexibility index (Phi) is 4.44. The molecule has 0 N–H and O–H groups in total. The number of rotatable bonds is 3. The van der Waals surface area contributed by atoms with Crippen molar-refractivity contribution in [2.45, 2.75) is 31.8 Å². The number of piperazine rings is 1. The number of hydrogen-bond donors (Lipinski definition) is 0. The number of amides is 1. The van der Waals surface area contributed by atoms with E-state index in [2.05, 4.69) is 11.0 Å². The standard InChI is InChI=1S/C18H20FN3O/c1-13(10-14-2-4-15(19)5-3-14)18(23)21-8-9-22(16-6-7-16)17(11-20)12-21/h2-5,10,16-17H,6-9,12H2,1H3. The fourth-order valence-corrected chi connectivity index (χ4v) is 3.06. The Hall–Kier alpha value is -2.19. The molecular formula is C18H20FN3O. The zero-order valence-corrected chi connectivity index (χ0v) is 13.2. The van der Waals surface area contributed by atoms with Gasteiger partial charge in [-0.3, -0.25) is 9.69 Å². The Labute approximate surface area is 135 Å². The van der Waals surface area contributed by atoms with E-state index in [1.165, 1.54) is 12.1 Å². The summed E-state index contributed by atoms with van der Waals surface area (Å²) in [6.45, 7) is 3.64. The molecule has 1 aliphatic heterocycles. The number of nitriles is 1. The topological polar surface area (TPSA) is 47.3 Å². The van der Waals surface area contributed by atoms with Crippen LogP contribution in [0.1, 0.15) is 25.3 Å². The van der Waals surface area contributed by atoms with E-state index in [4.69, 9.17) is 0 Å². The summed E-state index contributed by atoms with van der Waals surface area (Å²) in [5.41, 5.74) is 1.40. The number of carbonyl (C=O) groups excluding carboxylic acids is 1. The SMILES string of the molecule is CC(=Cc1ccc(F)cc1)C(=O)N1CCN(C2CC2)C(C#N)C1. The lowest BCUT2D eigenvalue weighted by Gasteiger charge is -2.38. The highest BCUT2D eigenvalue weighted by molar-refractivity contribution is 5.97. The van der Waals surface area contributed by atoms with E-state index >= 15 is 0 Å². The minimum Gasteiger partial charge on any atom is -0.335 e. The zero-order valence-electron chi connectivity index (χ0n) is 13.2. The molecule has 1 aromatic carbocycles. The first-order chi connectivity index (χ1) is 11.1. The normalized spacial score (nSPS) is 22.7. The minimum atomic E-state index is -0.292. The molecule has 120 valence electrons. The van der Waals surface area contributed by atoms with Crippen LogP contribution in [0, 0.1) is 17.1 Å². The van der Waals surface area contributed by atoms with Gasteiger partial charge in [0.25, 0.3) is 0 Å². The summed E-state index contributed by atoms with van der Waals surface area (Å²) in [7, 11) is 0. The lowest BCUT2D eigenvalue weighted by molar-refractivity contribution is -0.129. The summed E-state index contributed by atoms with van der Waals surface area (Å²) >= 11 is 0. The van der Waals surface area contributed by atoms with E-state index in [1.54, 1.807) is 30.0 Å². The van der Waals surface area contributed by atoms with Crippen LogP contribution < -0.4 is 0 Å². The molecule has 23 heavy (non-hydrogen) atoms. The van der Waals surface area contributed by atoms with Gasteiger partial charge < -0.3 is 4.90 Å². The fraction of sp³-hybridized carbons (Fsp3) is 0.444. The highest BCUT2D eigenvalue weighted by Gasteiger charge is 2.38. The Morgan fingerprint density at radius 1 is 1.30 bits per heavy atom. The molecule has 1 unspecified atom stereocenters. The second-order valence-electron chi connectivity index (χ2n) is 6.24. The maximum Gasteiger partial charge on any atom is 0.249 e. The van der Waals surface area contributed by atoms with Gasteiger partial charge in [0.2, 0.25) is 5.91 Å². The van der Waals surface area contributed by atoms with Crippen molar-refractivity contribution >= 4 is 12.0 Å². The van der Waals surface area contributed by atoms with E-state index in [0.29, 0.717) is 24.7 Å². The van der Waals surface area contributed by atoms with Crippen molar-refractivity contribution in [3.05, 3.63) is 41.2 Å². The van der Waals surface area contributed by atoms with Gasteiger partial charge >= 0.3 is 0 Å². The van der Waals surface area contributed by atoms with Crippen molar-refractivity contribution < 1.29 is 9.18 Å². The second kappa shape index (κ2) is 6.51. The Morgan fingerprint density at radius 2 is 2.00 bits per heavy atom. The summed E-state index contributed by atoms with van der Waals surface area (Å²) in [4.78, 5) is 16.6. The largest absolute Gasteiger partial charge is 0.335 e. The van der Waals surface area contributed by atoms with E-state index in [9.17, 15) is 14.4 Å². The molecule has 1 aliphatic carbocycles. The highest BCUT2D eigenvalue weighted by Crippen LogP contribution is 2.30. The molecular weight excluding hydrogens is 293 g/mol. The smallest absolute Gasteiger partial charge is 0.249 e. The second-order valence-corrected chi connectivity index (χ2v) is 6.24. The van der Waals surface area contributed by atoms with Crippen LogP contribution in [0.25, 0.3) is 6.08 Å². The third-order valence-corrected chi connectivity index (χ3v) is 4.46. The quantitative estimate of drug-likeness (QED) is 0.805. The van der Waals surface area contributed by atoms with Crippen molar-refractivity contribution in [2.75, 3.05) is 19.6 Å². The maximum absolute atomic E-state index is 12.9. The molecule has 2 fully saturated rings. The van der Waals surface area contributed by atoms with Crippen molar-refractivity contribution in [3.8, 4) is 6.07 Å². The molecule has 2 aliphatic rings. The van der Waals surface area contributed by atoms with Gasteiger partial charge in [-0.25, -0.2) is 4.39 Å². The summed E-state index contributed by atoms with van der Waals surface area (Å²) in [6, 6.07) is 8.70. The van der Waals surface area contributed by atoms with Gasteiger partial charge in [-0.05, 0) is 43.5 Å². The van der Waals surface area contributed by atoms with Crippen LogP contribution >= 0.6 is 0 Å². The van der Waals surface area contributed by atoms with Crippen LogP contribution in [-0.2, 0) is 4.79 Å². The molecule has 5 heteroatoms. The summed E-state index contributed by atoms with van der Waals surface area (Å²) in [5.74, 6) is -0.343. The van der Waals surface area contributed by atoms with Gasteiger partial charge in [-0.15, -0.1) is 0 Å². The van der Waals surface area contributed by atoms with Crippen molar-refractivity contribution in [1.82, 2.24) is 9.80 Å². The summed E-state index contributed by atoms with van der Waals surface area (Å²) in [5, 5.41) is 9.36. The molecule has 1 atom stereocenters. The predicted molar refractivity (Wildman–Crippen MR) is 85.8 cm³/mol. The van der Waals surface area contributed by atoms with Gasteiger partial charge in [0.15, 0.2) is 0 Å². The molecule has 0 radical (unpaired) electrons. The first-order valence-electron chi connectivity index (χ1n) is 7.97. The molecule has 1 aromatic rings. The fourth-order valence-electron chi connectivity index (χ4n) is 3.06. The maximum atomic E-state index is 12.9. The van der Waals surface area contributed by atoms with Gasteiger partial charge in [0.1, 0.15) is 11.9 Å². The Bertz CT molecular complexity index is 658. The number of halogens is 1. The molecule has 0 spiro atoms. The molecule has 0 bridgehead atoms. The van der Waals surface area contributed by atoms with E-state index in [0.717, 1.165) is 24.9 Å². The average molecular weight is 313 g/mol. The lowest BCUT2D eigenvalue weighted by Crippen LogP contribution is -2.55. The predicted octanol–water partition coefficient (Wildman–Crippen LogP) is 2.43. The van der Waals surface area contributed by atoms with Crippen LogP contribution in [-0.4, -0.2) is 47.4 Å². The highest BCUT2D eigenvalue weighted by atomic mass is 19.1. The molecule has 1 saturated carbocycles. The van der Waals surface area contributed by atoms with Crippen molar-refractivity contribution in [3.63, 3.8) is 0 Å². The third-order valence-electron chi connectivity index (χ3n) is 4.46. The lowest BCUT2D eigenvalue weighted by atomic mass is 10.1. The van der Waals surface area contributed by atoms with Crippen molar-refractivity contribution in [2.24, 2.45) is 0 Å². The molecule has 1 amide bonds. The Balaban J connectivity index is 1.67. The van der Waals surface area contributed by atoms with Crippen molar-refractivity contribution in [1.29, 1.82) is 5.26 Å².